The summed E-state index contributed by atoms with van der Waals surface area (Å²) in [4.78, 5) is 2.51. The second-order valence-corrected chi connectivity index (χ2v) is 7.62. The minimum atomic E-state index is -10.7. The Hall–Kier alpha value is -0.820. The molecular weight excluding hydrogens is 331 g/mol. The molecule has 0 aliphatic carbocycles. The molecule has 0 bridgehead atoms. The van der Waals surface area contributed by atoms with Gasteiger partial charge in [-0.25, -0.2) is 9.13 Å². The molecule has 0 aromatic carbocycles. The van der Waals surface area contributed by atoms with Gasteiger partial charge in [0.2, 0.25) is 6.33 Å². The number of hydrogen-bond acceptors (Lipinski definition) is 1. The summed E-state index contributed by atoms with van der Waals surface area (Å²) in [6.07, 6.45) is 6.33. The molecule has 0 atom stereocenters. The van der Waals surface area contributed by atoms with E-state index in [0.29, 0.717) is 12.1 Å². The zero-order valence-electron chi connectivity index (χ0n) is 13.4. The van der Waals surface area contributed by atoms with Gasteiger partial charge in [0.1, 0.15) is 18.9 Å². The van der Waals surface area contributed by atoms with Crippen LogP contribution in [0.5, 0.6) is 0 Å². The van der Waals surface area contributed by atoms with Crippen molar-refractivity contribution in [2.45, 2.75) is 46.3 Å². The van der Waals surface area contributed by atoms with Crippen molar-refractivity contribution in [1.82, 2.24) is 9.47 Å². The number of rotatable bonds is 5. The van der Waals surface area contributed by atoms with Crippen molar-refractivity contribution in [3.05, 3.63) is 18.7 Å². The van der Waals surface area contributed by atoms with E-state index in [1.807, 2.05) is 0 Å². The van der Waals surface area contributed by atoms with E-state index >= 15 is 0 Å². The molecule has 22 heavy (non-hydrogen) atoms. The third-order valence-electron chi connectivity index (χ3n) is 2.77. The van der Waals surface area contributed by atoms with Crippen LogP contribution in [0.4, 0.5) is 25.2 Å². The molecular formula is C12H24F6N3P. The predicted molar refractivity (Wildman–Crippen MR) is 76.2 cm³/mol. The first kappa shape index (κ1) is 21.2. The van der Waals surface area contributed by atoms with Crippen molar-refractivity contribution >= 4 is 7.81 Å². The van der Waals surface area contributed by atoms with Crippen LogP contribution in [0, 0.1) is 0 Å². The van der Waals surface area contributed by atoms with Gasteiger partial charge in [0.25, 0.3) is 0 Å². The van der Waals surface area contributed by atoms with E-state index in [2.05, 4.69) is 67.5 Å². The van der Waals surface area contributed by atoms with E-state index in [1.165, 1.54) is 0 Å². The Morgan fingerprint density at radius 2 is 1.41 bits per heavy atom. The number of nitrogens with zero attached hydrogens (tertiary/aromatic N) is 3. The van der Waals surface area contributed by atoms with Crippen LogP contribution >= 0.6 is 7.81 Å². The van der Waals surface area contributed by atoms with Crippen LogP contribution in [0.1, 0.15) is 27.7 Å². The van der Waals surface area contributed by atoms with Crippen LogP contribution in [-0.2, 0) is 13.6 Å². The minimum absolute atomic E-state index is 0.620. The number of halogens is 6. The van der Waals surface area contributed by atoms with Gasteiger partial charge in [0.15, 0.2) is 0 Å². The van der Waals surface area contributed by atoms with Crippen LogP contribution in [0.2, 0.25) is 0 Å². The van der Waals surface area contributed by atoms with E-state index in [0.717, 1.165) is 13.1 Å². The molecule has 1 aromatic rings. The van der Waals surface area contributed by atoms with Crippen molar-refractivity contribution in [2.24, 2.45) is 7.05 Å². The molecule has 10 heteroatoms. The quantitative estimate of drug-likeness (QED) is 0.419. The summed E-state index contributed by atoms with van der Waals surface area (Å²) < 4.78 is 63.5. The molecule has 0 saturated carbocycles. The first-order chi connectivity index (χ1) is 9.45. The van der Waals surface area contributed by atoms with E-state index < -0.39 is 7.81 Å². The molecule has 0 amide bonds. The van der Waals surface area contributed by atoms with Gasteiger partial charge in [-0.1, -0.05) is 0 Å². The summed E-state index contributed by atoms with van der Waals surface area (Å²) in [7, 11) is -8.60. The SMILES string of the molecule is CC(C)N(CCn1cc[n+](C)c1)C(C)C.F[P-](F)(F)(F)(F)F. The van der Waals surface area contributed by atoms with Gasteiger partial charge in [-0.3, -0.25) is 4.90 Å². The van der Waals surface area contributed by atoms with Crippen molar-refractivity contribution < 1.29 is 29.7 Å². The van der Waals surface area contributed by atoms with E-state index in [-0.39, 0.29) is 0 Å². The molecule has 0 N–H and O–H groups in total. The van der Waals surface area contributed by atoms with Crippen LogP contribution in [0.25, 0.3) is 0 Å². The number of hydrogen-bond donors (Lipinski definition) is 0. The molecule has 134 valence electrons. The number of aryl methyl sites for hydroxylation is 1. The van der Waals surface area contributed by atoms with Gasteiger partial charge in [0, 0.05) is 18.6 Å². The van der Waals surface area contributed by atoms with Gasteiger partial charge < -0.3 is 0 Å². The zero-order chi connectivity index (χ0) is 17.8. The summed E-state index contributed by atoms with van der Waals surface area (Å²) in [5.74, 6) is 0. The standard InChI is InChI=1S/C12H24N3.F6P/c1-11(2)15(12(3)4)9-8-14-7-6-13(5)10-14;1-7(2,3,4,5)6/h6-7,10-12H,8-9H2,1-5H3;/q+1;-1. The van der Waals surface area contributed by atoms with Crippen molar-refractivity contribution in [3.63, 3.8) is 0 Å². The molecule has 0 saturated heterocycles. The van der Waals surface area contributed by atoms with Gasteiger partial charge >= 0.3 is 33.0 Å². The Morgan fingerprint density at radius 1 is 1.00 bits per heavy atom. The van der Waals surface area contributed by atoms with Crippen molar-refractivity contribution in [1.29, 1.82) is 0 Å². The second kappa shape index (κ2) is 6.35. The maximum atomic E-state index is 9.87. The Bertz CT molecular complexity index is 446. The van der Waals surface area contributed by atoms with E-state index in [4.69, 9.17) is 0 Å². The van der Waals surface area contributed by atoms with Crippen LogP contribution in [0.15, 0.2) is 18.7 Å². The van der Waals surface area contributed by atoms with Gasteiger partial charge in [-0.05, 0) is 27.7 Å². The van der Waals surface area contributed by atoms with Crippen LogP contribution in [-0.4, -0.2) is 28.1 Å². The van der Waals surface area contributed by atoms with Crippen LogP contribution in [0.3, 0.4) is 0 Å². The molecule has 1 aromatic heterocycles. The predicted octanol–water partition coefficient (Wildman–Crippen LogP) is 4.81. The average molecular weight is 355 g/mol. The zero-order valence-corrected chi connectivity index (χ0v) is 14.3. The third kappa shape index (κ3) is 14.1. The normalized spacial score (nSPS) is 15.5. The monoisotopic (exact) mass is 355 g/mol. The number of imidazole rings is 1. The molecule has 0 unspecified atom stereocenters. The van der Waals surface area contributed by atoms with Crippen LogP contribution < -0.4 is 4.57 Å². The fourth-order valence-electron chi connectivity index (χ4n) is 1.98. The molecule has 1 heterocycles. The molecule has 0 spiro atoms. The fraction of sp³-hybridized carbons (Fsp3) is 0.750. The third-order valence-corrected chi connectivity index (χ3v) is 2.77. The summed E-state index contributed by atoms with van der Waals surface area (Å²) in [5.41, 5.74) is 0. The van der Waals surface area contributed by atoms with Crippen molar-refractivity contribution in [2.75, 3.05) is 6.54 Å². The van der Waals surface area contributed by atoms with Gasteiger partial charge in [-0.15, -0.1) is 0 Å². The first-order valence-corrected chi connectivity index (χ1v) is 8.81. The Labute approximate surface area is 126 Å². The fourth-order valence-corrected chi connectivity index (χ4v) is 1.98. The summed E-state index contributed by atoms with van der Waals surface area (Å²) >= 11 is 0. The van der Waals surface area contributed by atoms with E-state index in [1.54, 1.807) is 0 Å². The molecule has 1 rings (SSSR count). The Kier molecular flexibility index (Phi) is 6.12. The second-order valence-electron chi connectivity index (χ2n) is 5.70. The summed E-state index contributed by atoms with van der Waals surface area (Å²) in [6, 6.07) is 1.24. The van der Waals surface area contributed by atoms with Crippen molar-refractivity contribution in [3.8, 4) is 0 Å². The maximum absolute atomic E-state index is 10.7. The molecule has 0 aliphatic rings. The number of aromatic nitrogens is 2. The average Bonchev–Trinajstić information content (AvgIpc) is 2.58. The topological polar surface area (TPSA) is 12.1 Å². The van der Waals surface area contributed by atoms with Gasteiger partial charge in [0.05, 0.1) is 7.05 Å². The molecule has 0 radical (unpaired) electrons. The molecule has 0 aliphatic heterocycles. The first-order valence-electron chi connectivity index (χ1n) is 6.79. The summed E-state index contributed by atoms with van der Waals surface area (Å²) in [6.45, 7) is 11.2. The van der Waals surface area contributed by atoms with Gasteiger partial charge in [-0.2, -0.15) is 0 Å². The molecule has 3 nitrogen and oxygen atoms in total. The Morgan fingerprint density at radius 3 is 1.68 bits per heavy atom. The molecule has 0 fully saturated rings. The van der Waals surface area contributed by atoms with E-state index in [9.17, 15) is 25.2 Å². The summed E-state index contributed by atoms with van der Waals surface area (Å²) in [5, 5.41) is 0. The Balaban J connectivity index is 0.000000534.